The molecule has 0 amide bonds. The summed E-state index contributed by atoms with van der Waals surface area (Å²) in [6, 6.07) is 27.1. The third-order valence-corrected chi connectivity index (χ3v) is 5.14. The molecule has 1 N–H and O–H groups in total. The number of ether oxygens (including phenoxy) is 2. The molecule has 5 heteroatoms. The van der Waals surface area contributed by atoms with Crippen LogP contribution in [0.4, 0.5) is 0 Å². The number of nitrogens with zero attached hydrogens (tertiary/aromatic N) is 1. The smallest absolute Gasteiger partial charge is 0.266 e. The van der Waals surface area contributed by atoms with Gasteiger partial charge < -0.3 is 14.5 Å². The molecule has 0 bridgehead atoms. The molecule has 1 heterocycles. The number of hydrogen-bond donors (Lipinski definition) is 1. The second-order valence-electron chi connectivity index (χ2n) is 6.92. The molecule has 4 rings (SSSR count). The Labute approximate surface area is 180 Å². The predicted octanol–water partition coefficient (Wildman–Crippen LogP) is 5.26. The highest BCUT2D eigenvalue weighted by Crippen LogP contribution is 2.36. The van der Waals surface area contributed by atoms with Gasteiger partial charge in [-0.2, -0.15) is 5.26 Å². The van der Waals surface area contributed by atoms with Gasteiger partial charge in [0.15, 0.2) is 0 Å². The molecule has 3 aromatic carbocycles. The van der Waals surface area contributed by atoms with E-state index >= 15 is 0 Å². The summed E-state index contributed by atoms with van der Waals surface area (Å²) in [5.41, 5.74) is 4.33. The van der Waals surface area contributed by atoms with Crippen LogP contribution in [0.15, 0.2) is 83.7 Å². The molecule has 0 unspecified atom stereocenters. The summed E-state index contributed by atoms with van der Waals surface area (Å²) in [6.45, 7) is 0. The number of H-pyrrole nitrogens is 1. The van der Waals surface area contributed by atoms with E-state index in [1.807, 2.05) is 60.7 Å². The monoisotopic (exact) mass is 408 g/mol. The van der Waals surface area contributed by atoms with Crippen LogP contribution in [0.1, 0.15) is 5.56 Å². The Hall–Kier alpha value is -4.30. The Kier molecular flexibility index (Phi) is 5.55. The molecule has 0 aliphatic carbocycles. The lowest BCUT2D eigenvalue weighted by atomic mass is 9.97. The fourth-order valence-corrected chi connectivity index (χ4v) is 3.54. The van der Waals surface area contributed by atoms with Crippen LogP contribution in [0.5, 0.6) is 11.5 Å². The third-order valence-electron chi connectivity index (χ3n) is 5.14. The number of aromatic nitrogens is 1. The Morgan fingerprint density at radius 3 is 2.10 bits per heavy atom. The Morgan fingerprint density at radius 1 is 0.774 bits per heavy atom. The third kappa shape index (κ3) is 3.92. The summed E-state index contributed by atoms with van der Waals surface area (Å²) >= 11 is 0. The summed E-state index contributed by atoms with van der Waals surface area (Å²) < 4.78 is 10.8. The first-order valence-corrected chi connectivity index (χ1v) is 9.70. The van der Waals surface area contributed by atoms with Crippen molar-refractivity contribution in [1.82, 2.24) is 4.98 Å². The van der Waals surface area contributed by atoms with E-state index in [2.05, 4.69) is 4.98 Å². The molecule has 1 aromatic heterocycles. The minimum atomic E-state index is -0.452. The van der Waals surface area contributed by atoms with Crippen LogP contribution in [-0.4, -0.2) is 19.2 Å². The molecule has 4 aromatic rings. The zero-order valence-corrected chi connectivity index (χ0v) is 17.2. The van der Waals surface area contributed by atoms with Gasteiger partial charge in [-0.3, -0.25) is 4.79 Å². The largest absolute Gasteiger partial charge is 0.497 e. The van der Waals surface area contributed by atoms with Crippen LogP contribution in [-0.2, 0) is 0 Å². The van der Waals surface area contributed by atoms with E-state index in [1.165, 1.54) is 0 Å². The molecule has 5 nitrogen and oxygen atoms in total. The Bertz CT molecular complexity index is 1320. The Balaban J connectivity index is 1.85. The van der Waals surface area contributed by atoms with E-state index in [4.69, 9.17) is 9.47 Å². The molecule has 0 fully saturated rings. The van der Waals surface area contributed by atoms with Crippen molar-refractivity contribution in [2.24, 2.45) is 0 Å². The maximum atomic E-state index is 12.7. The van der Waals surface area contributed by atoms with E-state index in [0.717, 1.165) is 16.7 Å². The quantitative estimate of drug-likeness (QED) is 0.488. The lowest BCUT2D eigenvalue weighted by Crippen LogP contribution is -2.13. The fourth-order valence-electron chi connectivity index (χ4n) is 3.54. The van der Waals surface area contributed by atoms with Gasteiger partial charge in [0, 0.05) is 16.8 Å². The molecular weight excluding hydrogens is 388 g/mol. The second kappa shape index (κ2) is 8.60. The first-order valence-electron chi connectivity index (χ1n) is 9.70. The summed E-state index contributed by atoms with van der Waals surface area (Å²) in [5, 5.41) is 9.63. The summed E-state index contributed by atoms with van der Waals surface area (Å²) in [7, 11) is 3.11. The molecule has 0 radical (unpaired) electrons. The van der Waals surface area contributed by atoms with Crippen molar-refractivity contribution in [3.8, 4) is 51.1 Å². The van der Waals surface area contributed by atoms with E-state index in [9.17, 15) is 10.1 Å². The van der Waals surface area contributed by atoms with Crippen molar-refractivity contribution < 1.29 is 9.47 Å². The van der Waals surface area contributed by atoms with E-state index < -0.39 is 5.56 Å². The topological polar surface area (TPSA) is 75.1 Å². The lowest BCUT2D eigenvalue weighted by Gasteiger charge is -2.13. The second-order valence-corrected chi connectivity index (χ2v) is 6.92. The minimum absolute atomic E-state index is 0.0243. The highest BCUT2D eigenvalue weighted by atomic mass is 16.5. The maximum Gasteiger partial charge on any atom is 0.266 e. The normalized spacial score (nSPS) is 10.4. The number of pyridine rings is 1. The number of nitrogens with one attached hydrogen (secondary N) is 1. The SMILES string of the molecule is COc1ccc(OC)c(-c2cc(-c3ccc(-c4ccccc4)cc3)[nH]c(=O)c2C#N)c1. The van der Waals surface area contributed by atoms with Crippen LogP contribution < -0.4 is 15.0 Å². The molecule has 0 saturated carbocycles. The maximum absolute atomic E-state index is 12.7. The van der Waals surface area contributed by atoms with Gasteiger partial charge in [0.05, 0.1) is 14.2 Å². The van der Waals surface area contributed by atoms with Crippen LogP contribution in [0, 0.1) is 11.3 Å². The number of nitriles is 1. The highest BCUT2D eigenvalue weighted by molar-refractivity contribution is 5.80. The summed E-state index contributed by atoms with van der Waals surface area (Å²) in [5.74, 6) is 1.15. The van der Waals surface area contributed by atoms with Crippen molar-refractivity contribution in [2.45, 2.75) is 0 Å². The van der Waals surface area contributed by atoms with Crippen LogP contribution in [0.2, 0.25) is 0 Å². The first-order chi connectivity index (χ1) is 15.1. The average molecular weight is 408 g/mol. The van der Waals surface area contributed by atoms with Crippen molar-refractivity contribution in [2.75, 3.05) is 14.2 Å². The van der Waals surface area contributed by atoms with Crippen molar-refractivity contribution in [1.29, 1.82) is 5.26 Å². The molecular formula is C26H20N2O3. The van der Waals surface area contributed by atoms with Gasteiger partial charge in [0.2, 0.25) is 0 Å². The minimum Gasteiger partial charge on any atom is -0.497 e. The fraction of sp³-hybridized carbons (Fsp3) is 0.0769. The molecule has 0 spiro atoms. The molecule has 0 aliphatic rings. The average Bonchev–Trinajstić information content (AvgIpc) is 2.83. The van der Waals surface area contributed by atoms with Gasteiger partial charge >= 0.3 is 0 Å². The van der Waals surface area contributed by atoms with Crippen molar-refractivity contribution >= 4 is 0 Å². The van der Waals surface area contributed by atoms with Gasteiger partial charge in [-0.15, -0.1) is 0 Å². The molecule has 0 saturated heterocycles. The summed E-state index contributed by atoms with van der Waals surface area (Å²) in [4.78, 5) is 15.6. The van der Waals surface area contributed by atoms with E-state index in [1.54, 1.807) is 38.5 Å². The number of methoxy groups -OCH3 is 2. The number of aromatic amines is 1. The number of hydrogen-bond acceptors (Lipinski definition) is 4. The van der Waals surface area contributed by atoms with Crippen molar-refractivity contribution in [3.05, 3.63) is 94.8 Å². The first kappa shape index (κ1) is 20.0. The van der Waals surface area contributed by atoms with Gasteiger partial charge in [-0.1, -0.05) is 54.6 Å². The molecule has 0 aliphatic heterocycles. The van der Waals surface area contributed by atoms with Crippen molar-refractivity contribution in [3.63, 3.8) is 0 Å². The lowest BCUT2D eigenvalue weighted by molar-refractivity contribution is 0.404. The van der Waals surface area contributed by atoms with Crippen LogP contribution in [0.3, 0.4) is 0 Å². The number of rotatable bonds is 5. The predicted molar refractivity (Wildman–Crippen MR) is 121 cm³/mol. The Morgan fingerprint density at radius 2 is 1.45 bits per heavy atom. The highest BCUT2D eigenvalue weighted by Gasteiger charge is 2.17. The number of benzene rings is 3. The molecule has 31 heavy (non-hydrogen) atoms. The summed E-state index contributed by atoms with van der Waals surface area (Å²) in [6.07, 6.45) is 0. The van der Waals surface area contributed by atoms with Crippen LogP contribution in [0.25, 0.3) is 33.5 Å². The standard InChI is InChI=1S/C26H20N2O3/c1-30-20-12-13-25(31-2)22(14-20)21-15-24(28-26(29)23(21)16-27)19-10-8-18(9-11-19)17-6-4-3-5-7-17/h3-15H,1-2H3,(H,28,29). The van der Waals surface area contributed by atoms with Gasteiger partial charge in [0.25, 0.3) is 5.56 Å². The molecule has 152 valence electrons. The van der Waals surface area contributed by atoms with Gasteiger partial charge in [-0.25, -0.2) is 0 Å². The van der Waals surface area contributed by atoms with Gasteiger partial charge in [-0.05, 0) is 41.0 Å². The van der Waals surface area contributed by atoms with Crippen LogP contribution >= 0.6 is 0 Å². The van der Waals surface area contributed by atoms with E-state index in [-0.39, 0.29) is 5.56 Å². The molecule has 0 atom stereocenters. The zero-order chi connectivity index (χ0) is 21.8. The zero-order valence-electron chi connectivity index (χ0n) is 17.2. The van der Waals surface area contributed by atoms with E-state index in [0.29, 0.717) is 28.3 Å². The van der Waals surface area contributed by atoms with Gasteiger partial charge in [0.1, 0.15) is 23.1 Å².